The van der Waals surface area contributed by atoms with Gasteiger partial charge < -0.3 is 5.11 Å². The highest BCUT2D eigenvalue weighted by Gasteiger charge is 2.09. The van der Waals surface area contributed by atoms with Crippen LogP contribution >= 0.6 is 11.8 Å². The minimum Gasteiger partial charge on any atom is -0.392 e. The Kier molecular flexibility index (Phi) is 3.16. The first kappa shape index (κ1) is 11.0. The van der Waals surface area contributed by atoms with Crippen LogP contribution in [0.25, 0.3) is 0 Å². The van der Waals surface area contributed by atoms with E-state index in [0.29, 0.717) is 10.7 Å². The summed E-state index contributed by atoms with van der Waals surface area (Å²) >= 11 is 1.28. The smallest absolute Gasteiger partial charge is 0.213 e. The van der Waals surface area contributed by atoms with Crippen LogP contribution in [-0.4, -0.2) is 25.3 Å². The van der Waals surface area contributed by atoms with Gasteiger partial charge in [-0.1, -0.05) is 0 Å². The van der Waals surface area contributed by atoms with E-state index in [4.69, 9.17) is 5.11 Å². The number of aromatic nitrogens is 4. The van der Waals surface area contributed by atoms with Gasteiger partial charge >= 0.3 is 0 Å². The summed E-state index contributed by atoms with van der Waals surface area (Å²) in [6, 6.07) is 4.23. The van der Waals surface area contributed by atoms with Gasteiger partial charge in [-0.25, -0.2) is 9.07 Å². The zero-order chi connectivity index (χ0) is 11.5. The Morgan fingerprint density at radius 1 is 1.50 bits per heavy atom. The molecule has 0 fully saturated rings. The third-order valence-electron chi connectivity index (χ3n) is 1.98. The molecule has 1 aromatic heterocycles. The van der Waals surface area contributed by atoms with E-state index in [1.807, 2.05) is 0 Å². The molecule has 84 valence electrons. The average molecular weight is 240 g/mol. The van der Waals surface area contributed by atoms with Crippen molar-refractivity contribution in [2.75, 3.05) is 0 Å². The van der Waals surface area contributed by atoms with Crippen molar-refractivity contribution in [3.63, 3.8) is 0 Å². The van der Waals surface area contributed by atoms with Crippen molar-refractivity contribution < 1.29 is 9.50 Å². The molecule has 1 aromatic carbocycles. The van der Waals surface area contributed by atoms with Gasteiger partial charge in [0.05, 0.1) is 6.61 Å². The van der Waals surface area contributed by atoms with Crippen LogP contribution in [0.4, 0.5) is 4.39 Å². The molecule has 0 radical (unpaired) electrons. The lowest BCUT2D eigenvalue weighted by atomic mass is 10.2. The molecule has 0 bridgehead atoms. The first-order valence-electron chi connectivity index (χ1n) is 4.50. The Morgan fingerprint density at radius 2 is 2.31 bits per heavy atom. The van der Waals surface area contributed by atoms with Crippen molar-refractivity contribution in [1.82, 2.24) is 20.2 Å². The summed E-state index contributed by atoms with van der Waals surface area (Å²) in [5, 5.41) is 20.7. The second-order valence-electron chi connectivity index (χ2n) is 3.10. The Labute approximate surface area is 95.3 Å². The fraction of sp³-hybridized carbons (Fsp3) is 0.222. The van der Waals surface area contributed by atoms with E-state index in [2.05, 4.69) is 15.5 Å². The lowest BCUT2D eigenvalue weighted by Gasteiger charge is -2.05. The number of hydrogen-bond acceptors (Lipinski definition) is 5. The number of halogens is 1. The number of hydrogen-bond donors (Lipinski definition) is 1. The number of nitrogens with zero attached hydrogens (tertiary/aromatic N) is 4. The first-order chi connectivity index (χ1) is 7.70. The van der Waals surface area contributed by atoms with Crippen molar-refractivity contribution in [3.05, 3.63) is 29.6 Å². The summed E-state index contributed by atoms with van der Waals surface area (Å²) in [7, 11) is 1.71. The number of tetrazole rings is 1. The molecule has 2 rings (SSSR count). The van der Waals surface area contributed by atoms with Gasteiger partial charge in [0.15, 0.2) is 0 Å². The second-order valence-corrected chi connectivity index (χ2v) is 4.11. The standard InChI is InChI=1S/C9H9FN4OS/c1-14-9(11-12-13-14)16-8-3-2-7(10)4-6(8)5-15/h2-4,15H,5H2,1H3. The molecular formula is C9H9FN4OS. The highest BCUT2D eigenvalue weighted by Crippen LogP contribution is 2.28. The molecule has 0 atom stereocenters. The summed E-state index contributed by atoms with van der Waals surface area (Å²) in [6.45, 7) is -0.217. The van der Waals surface area contributed by atoms with Crippen LogP contribution in [0.2, 0.25) is 0 Å². The summed E-state index contributed by atoms with van der Waals surface area (Å²) in [6.07, 6.45) is 0. The quantitative estimate of drug-likeness (QED) is 0.866. The van der Waals surface area contributed by atoms with Crippen molar-refractivity contribution >= 4 is 11.8 Å². The predicted molar refractivity (Wildman–Crippen MR) is 55.2 cm³/mol. The van der Waals surface area contributed by atoms with Gasteiger partial charge in [-0.05, 0) is 46.0 Å². The van der Waals surface area contributed by atoms with Crippen LogP contribution in [-0.2, 0) is 13.7 Å². The Balaban J connectivity index is 2.31. The van der Waals surface area contributed by atoms with Crippen LogP contribution in [0.15, 0.2) is 28.3 Å². The third-order valence-corrected chi connectivity index (χ3v) is 3.12. The van der Waals surface area contributed by atoms with Gasteiger partial charge in [0, 0.05) is 11.9 Å². The topological polar surface area (TPSA) is 63.8 Å². The van der Waals surface area contributed by atoms with Crippen molar-refractivity contribution in [2.24, 2.45) is 7.05 Å². The Bertz CT molecular complexity index is 502. The van der Waals surface area contributed by atoms with Gasteiger partial charge in [0.2, 0.25) is 5.16 Å². The second kappa shape index (κ2) is 4.58. The van der Waals surface area contributed by atoms with Gasteiger partial charge in [-0.15, -0.1) is 5.10 Å². The zero-order valence-corrected chi connectivity index (χ0v) is 9.28. The van der Waals surface area contributed by atoms with Crippen LogP contribution in [0, 0.1) is 5.82 Å². The molecule has 0 saturated carbocycles. The zero-order valence-electron chi connectivity index (χ0n) is 8.46. The number of aryl methyl sites for hydroxylation is 1. The van der Waals surface area contributed by atoms with Gasteiger partial charge in [0.25, 0.3) is 0 Å². The van der Waals surface area contributed by atoms with Crippen LogP contribution < -0.4 is 0 Å². The van der Waals surface area contributed by atoms with Crippen LogP contribution in [0.5, 0.6) is 0 Å². The molecule has 2 aromatic rings. The summed E-state index contributed by atoms with van der Waals surface area (Å²) in [4.78, 5) is 0.738. The van der Waals surface area contributed by atoms with Crippen LogP contribution in [0.3, 0.4) is 0 Å². The molecule has 5 nitrogen and oxygen atoms in total. The van der Waals surface area contributed by atoms with Gasteiger partial charge in [-0.2, -0.15) is 0 Å². The minimum atomic E-state index is -0.371. The number of rotatable bonds is 3. The van der Waals surface area contributed by atoms with Crippen molar-refractivity contribution in [2.45, 2.75) is 16.7 Å². The molecule has 0 aliphatic heterocycles. The molecule has 7 heteroatoms. The lowest BCUT2D eigenvalue weighted by molar-refractivity contribution is 0.278. The molecule has 1 heterocycles. The SMILES string of the molecule is Cn1nnnc1Sc1ccc(F)cc1CO. The van der Waals surface area contributed by atoms with E-state index in [9.17, 15) is 4.39 Å². The van der Waals surface area contributed by atoms with E-state index in [1.54, 1.807) is 13.1 Å². The molecule has 1 N–H and O–H groups in total. The normalized spacial score (nSPS) is 10.7. The number of benzene rings is 1. The predicted octanol–water partition coefficient (Wildman–Crippen LogP) is 0.993. The van der Waals surface area contributed by atoms with E-state index >= 15 is 0 Å². The molecule has 0 aliphatic rings. The maximum Gasteiger partial charge on any atom is 0.213 e. The van der Waals surface area contributed by atoms with Gasteiger partial charge in [0.1, 0.15) is 5.82 Å². The average Bonchev–Trinajstić information content (AvgIpc) is 2.67. The van der Waals surface area contributed by atoms with Crippen molar-refractivity contribution in [3.8, 4) is 0 Å². The summed E-state index contributed by atoms with van der Waals surface area (Å²) in [5.41, 5.74) is 0.521. The molecule has 0 amide bonds. The number of aliphatic hydroxyl groups is 1. The molecular weight excluding hydrogens is 231 g/mol. The van der Waals surface area contributed by atoms with E-state index in [1.165, 1.54) is 28.6 Å². The van der Waals surface area contributed by atoms with Gasteiger partial charge in [-0.3, -0.25) is 0 Å². The van der Waals surface area contributed by atoms with Crippen molar-refractivity contribution in [1.29, 1.82) is 0 Å². The molecule has 0 saturated heterocycles. The maximum atomic E-state index is 12.9. The highest BCUT2D eigenvalue weighted by atomic mass is 32.2. The molecule has 0 unspecified atom stereocenters. The van der Waals surface area contributed by atoms with Crippen LogP contribution in [0.1, 0.15) is 5.56 Å². The molecule has 0 aliphatic carbocycles. The summed E-state index contributed by atoms with van der Waals surface area (Å²) < 4.78 is 14.4. The lowest BCUT2D eigenvalue weighted by Crippen LogP contribution is -1.95. The molecule has 0 spiro atoms. The fourth-order valence-corrected chi connectivity index (χ4v) is 2.01. The minimum absolute atomic E-state index is 0.217. The van der Waals surface area contributed by atoms with E-state index < -0.39 is 0 Å². The first-order valence-corrected chi connectivity index (χ1v) is 5.32. The maximum absolute atomic E-state index is 12.9. The molecule has 16 heavy (non-hydrogen) atoms. The van der Waals surface area contributed by atoms with E-state index in [0.717, 1.165) is 4.90 Å². The Hall–Kier alpha value is -1.47. The van der Waals surface area contributed by atoms with E-state index in [-0.39, 0.29) is 12.4 Å². The monoisotopic (exact) mass is 240 g/mol. The fourth-order valence-electron chi connectivity index (χ4n) is 1.18. The number of aliphatic hydroxyl groups excluding tert-OH is 1. The third kappa shape index (κ3) is 2.20. The Morgan fingerprint density at radius 3 is 2.94 bits per heavy atom. The highest BCUT2D eigenvalue weighted by molar-refractivity contribution is 7.99. The largest absolute Gasteiger partial charge is 0.392 e. The summed E-state index contributed by atoms with van der Waals surface area (Å²) in [5.74, 6) is -0.371.